The van der Waals surface area contributed by atoms with E-state index in [9.17, 15) is 19.2 Å². The van der Waals surface area contributed by atoms with Crippen LogP contribution in [0.1, 0.15) is 65.2 Å². The fourth-order valence-corrected chi connectivity index (χ4v) is 3.66. The van der Waals surface area contributed by atoms with Gasteiger partial charge in [-0.15, -0.1) is 0 Å². The van der Waals surface area contributed by atoms with Crippen LogP contribution >= 0.6 is 0 Å². The number of aliphatic imine (C=N–C) groups is 1. The molecule has 0 saturated heterocycles. The van der Waals surface area contributed by atoms with Crippen molar-refractivity contribution in [2.24, 2.45) is 28.1 Å². The number of amides is 4. The van der Waals surface area contributed by atoms with E-state index in [2.05, 4.69) is 20.9 Å². The van der Waals surface area contributed by atoms with Crippen molar-refractivity contribution in [2.45, 2.75) is 83.3 Å². The molecule has 4 amide bonds. The zero-order valence-corrected chi connectivity index (χ0v) is 18.5. The predicted octanol–water partition coefficient (Wildman–Crippen LogP) is -1.01. The first-order chi connectivity index (χ1) is 14.6. The van der Waals surface area contributed by atoms with Gasteiger partial charge >= 0.3 is 0 Å². The number of carbonyl (C=O) groups excluding carboxylic acids is 4. The molecule has 0 aromatic carbocycles. The van der Waals surface area contributed by atoms with Crippen LogP contribution in [0.25, 0.3) is 0 Å². The average molecular weight is 440 g/mol. The third-order valence-corrected chi connectivity index (χ3v) is 5.35. The maximum Gasteiger partial charge on any atom is 0.243 e. The van der Waals surface area contributed by atoms with Crippen LogP contribution in [0.5, 0.6) is 0 Å². The van der Waals surface area contributed by atoms with Crippen LogP contribution < -0.4 is 33.2 Å². The van der Waals surface area contributed by atoms with E-state index in [0.29, 0.717) is 18.8 Å². The normalized spacial score (nSPS) is 17.0. The van der Waals surface area contributed by atoms with Crippen molar-refractivity contribution < 1.29 is 19.2 Å². The van der Waals surface area contributed by atoms with Crippen molar-refractivity contribution in [1.82, 2.24) is 16.0 Å². The lowest BCUT2D eigenvalue weighted by molar-refractivity contribution is -0.133. The largest absolute Gasteiger partial charge is 0.370 e. The molecule has 0 bridgehead atoms. The summed E-state index contributed by atoms with van der Waals surface area (Å²) in [5.74, 6) is -1.69. The van der Waals surface area contributed by atoms with Crippen LogP contribution in [0.15, 0.2) is 4.99 Å². The van der Waals surface area contributed by atoms with Crippen LogP contribution in [0.3, 0.4) is 0 Å². The number of nitrogens with zero attached hydrogens (tertiary/aromatic N) is 1. The Labute approximate surface area is 183 Å². The minimum Gasteiger partial charge on any atom is -0.370 e. The first-order valence-corrected chi connectivity index (χ1v) is 10.8. The van der Waals surface area contributed by atoms with Gasteiger partial charge in [0.05, 0.1) is 0 Å². The summed E-state index contributed by atoms with van der Waals surface area (Å²) in [5, 5.41) is 7.91. The van der Waals surface area contributed by atoms with Gasteiger partial charge in [-0.3, -0.25) is 24.2 Å². The second-order valence-corrected chi connectivity index (χ2v) is 8.14. The molecule has 0 aromatic heterocycles. The van der Waals surface area contributed by atoms with Crippen molar-refractivity contribution >= 4 is 29.6 Å². The number of guanidine groups is 1. The van der Waals surface area contributed by atoms with Crippen molar-refractivity contribution in [3.05, 3.63) is 0 Å². The zero-order valence-electron chi connectivity index (χ0n) is 18.5. The van der Waals surface area contributed by atoms with Crippen LogP contribution in [0.2, 0.25) is 0 Å². The molecule has 11 heteroatoms. The molecule has 0 unspecified atom stereocenters. The molecule has 0 radical (unpaired) electrons. The van der Waals surface area contributed by atoms with Gasteiger partial charge < -0.3 is 33.2 Å². The molecule has 1 aliphatic rings. The number of primary amides is 1. The lowest BCUT2D eigenvalue weighted by Gasteiger charge is -2.28. The highest BCUT2D eigenvalue weighted by Crippen LogP contribution is 2.27. The SMILES string of the molecule is CC(=O)N[C@@H](CC1CCCCC1)C(=O)N[C@@H](CCCN=C(N)N)C(=O)N[C@@H](C)C(N)=O. The Morgan fingerprint density at radius 3 is 2.10 bits per heavy atom. The van der Waals surface area contributed by atoms with Crippen LogP contribution in [0.4, 0.5) is 0 Å². The smallest absolute Gasteiger partial charge is 0.243 e. The third-order valence-electron chi connectivity index (χ3n) is 5.35. The fourth-order valence-electron chi connectivity index (χ4n) is 3.66. The van der Waals surface area contributed by atoms with Gasteiger partial charge in [0.2, 0.25) is 23.6 Å². The maximum absolute atomic E-state index is 13.0. The van der Waals surface area contributed by atoms with Gasteiger partial charge in [0.25, 0.3) is 0 Å². The number of rotatable bonds is 12. The van der Waals surface area contributed by atoms with E-state index in [-0.39, 0.29) is 24.8 Å². The number of nitrogens with two attached hydrogens (primary N) is 3. The van der Waals surface area contributed by atoms with E-state index < -0.39 is 35.8 Å². The van der Waals surface area contributed by atoms with Crippen molar-refractivity contribution in [3.63, 3.8) is 0 Å². The van der Waals surface area contributed by atoms with Crippen molar-refractivity contribution in [2.75, 3.05) is 6.54 Å². The molecule has 0 aromatic rings. The standard InChI is InChI=1S/C20H37N7O4/c1-12(17(21)29)25-18(30)15(9-6-10-24-20(22)23)27-19(31)16(26-13(2)28)11-14-7-4-3-5-8-14/h12,14-16H,3-11H2,1-2H3,(H2,21,29)(H,25,30)(H,26,28)(H,27,31)(H4,22,23,24)/t12-,15-,16-/m0/s1. The molecule has 1 aliphatic carbocycles. The monoisotopic (exact) mass is 439 g/mol. The lowest BCUT2D eigenvalue weighted by Crippen LogP contribution is -2.56. The topological polar surface area (TPSA) is 195 Å². The molecule has 0 aliphatic heterocycles. The van der Waals surface area contributed by atoms with E-state index >= 15 is 0 Å². The second-order valence-electron chi connectivity index (χ2n) is 8.14. The van der Waals surface area contributed by atoms with Crippen LogP contribution in [-0.2, 0) is 19.2 Å². The number of carbonyl (C=O) groups is 4. The molecule has 1 fully saturated rings. The number of hydrogen-bond donors (Lipinski definition) is 6. The van der Waals surface area contributed by atoms with Crippen LogP contribution in [0, 0.1) is 5.92 Å². The molecular formula is C20H37N7O4. The molecule has 0 heterocycles. The second kappa shape index (κ2) is 13.5. The van der Waals surface area contributed by atoms with Gasteiger partial charge in [0.1, 0.15) is 18.1 Å². The van der Waals surface area contributed by atoms with Crippen LogP contribution in [-0.4, -0.2) is 54.3 Å². The molecule has 1 saturated carbocycles. The fraction of sp³-hybridized carbons (Fsp3) is 0.750. The van der Waals surface area contributed by atoms with E-state index in [1.54, 1.807) is 0 Å². The molecule has 11 nitrogen and oxygen atoms in total. The summed E-state index contributed by atoms with van der Waals surface area (Å²) in [6.45, 7) is 3.10. The summed E-state index contributed by atoms with van der Waals surface area (Å²) in [6, 6.07) is -2.55. The van der Waals surface area contributed by atoms with E-state index in [1.165, 1.54) is 20.3 Å². The summed E-state index contributed by atoms with van der Waals surface area (Å²) >= 11 is 0. The van der Waals surface area contributed by atoms with E-state index in [4.69, 9.17) is 17.2 Å². The minimum absolute atomic E-state index is 0.0643. The highest BCUT2D eigenvalue weighted by atomic mass is 16.2. The van der Waals surface area contributed by atoms with Gasteiger partial charge in [-0.25, -0.2) is 0 Å². The quantitative estimate of drug-likeness (QED) is 0.128. The lowest BCUT2D eigenvalue weighted by atomic mass is 9.84. The zero-order chi connectivity index (χ0) is 23.4. The Morgan fingerprint density at radius 1 is 0.935 bits per heavy atom. The predicted molar refractivity (Wildman–Crippen MR) is 117 cm³/mol. The Morgan fingerprint density at radius 2 is 1.55 bits per heavy atom. The molecule has 1 rings (SSSR count). The molecular weight excluding hydrogens is 402 g/mol. The molecule has 31 heavy (non-hydrogen) atoms. The summed E-state index contributed by atoms with van der Waals surface area (Å²) in [7, 11) is 0. The van der Waals surface area contributed by atoms with E-state index in [1.807, 2.05) is 0 Å². The van der Waals surface area contributed by atoms with Gasteiger partial charge in [0.15, 0.2) is 5.96 Å². The Bertz CT molecular complexity index is 658. The first kappa shape index (κ1) is 26.2. The molecule has 176 valence electrons. The minimum atomic E-state index is -0.925. The highest BCUT2D eigenvalue weighted by Gasteiger charge is 2.29. The van der Waals surface area contributed by atoms with Gasteiger partial charge in [-0.2, -0.15) is 0 Å². The van der Waals surface area contributed by atoms with Gasteiger partial charge in [-0.1, -0.05) is 32.1 Å². The third kappa shape index (κ3) is 10.7. The first-order valence-electron chi connectivity index (χ1n) is 10.8. The summed E-state index contributed by atoms with van der Waals surface area (Å²) in [4.78, 5) is 52.4. The Kier molecular flexibility index (Phi) is 11.4. The van der Waals surface area contributed by atoms with Crippen molar-refractivity contribution in [1.29, 1.82) is 0 Å². The average Bonchev–Trinajstić information content (AvgIpc) is 2.69. The van der Waals surface area contributed by atoms with Gasteiger partial charge in [0, 0.05) is 13.5 Å². The summed E-state index contributed by atoms with van der Waals surface area (Å²) < 4.78 is 0. The summed E-state index contributed by atoms with van der Waals surface area (Å²) in [5.41, 5.74) is 15.8. The molecule has 9 N–H and O–H groups in total. The number of hydrogen-bond acceptors (Lipinski definition) is 5. The Hall–Kier alpha value is -2.85. The summed E-state index contributed by atoms with van der Waals surface area (Å²) in [6.07, 6.45) is 6.63. The molecule has 0 spiro atoms. The van der Waals surface area contributed by atoms with Gasteiger partial charge in [-0.05, 0) is 32.1 Å². The van der Waals surface area contributed by atoms with Crippen molar-refractivity contribution in [3.8, 4) is 0 Å². The van der Waals surface area contributed by atoms with E-state index in [0.717, 1.165) is 25.7 Å². The maximum atomic E-state index is 13.0. The number of nitrogens with one attached hydrogen (secondary N) is 3. The Balaban J connectivity index is 2.85. The molecule has 3 atom stereocenters. The highest BCUT2D eigenvalue weighted by molar-refractivity contribution is 5.93.